The van der Waals surface area contributed by atoms with Gasteiger partial charge in [-0.05, 0) is 62.7 Å². The van der Waals surface area contributed by atoms with E-state index in [1.807, 2.05) is 57.2 Å². The van der Waals surface area contributed by atoms with Crippen LogP contribution in [0.3, 0.4) is 0 Å². The number of ether oxygens (including phenoxy) is 3. The SMILES string of the molecule is CCOc1ccc(NCc2cc(Cl)c(OCC)c(OCC)c2)cc1. The molecule has 130 valence electrons. The highest BCUT2D eigenvalue weighted by atomic mass is 35.5. The van der Waals surface area contributed by atoms with Crippen molar-refractivity contribution in [2.75, 3.05) is 25.1 Å². The molecule has 5 heteroatoms. The van der Waals surface area contributed by atoms with Crippen molar-refractivity contribution < 1.29 is 14.2 Å². The summed E-state index contributed by atoms with van der Waals surface area (Å²) in [5, 5.41) is 3.93. The average Bonchev–Trinajstić information content (AvgIpc) is 2.58. The molecule has 4 nitrogen and oxygen atoms in total. The van der Waals surface area contributed by atoms with E-state index in [-0.39, 0.29) is 0 Å². The second-order valence-electron chi connectivity index (χ2n) is 5.08. The number of halogens is 1. The molecule has 1 N–H and O–H groups in total. The van der Waals surface area contributed by atoms with Crippen LogP contribution in [0.4, 0.5) is 5.69 Å². The normalized spacial score (nSPS) is 10.3. The maximum absolute atomic E-state index is 6.34. The summed E-state index contributed by atoms with van der Waals surface area (Å²) >= 11 is 6.34. The van der Waals surface area contributed by atoms with Crippen LogP contribution in [-0.4, -0.2) is 19.8 Å². The average molecular weight is 350 g/mol. The van der Waals surface area contributed by atoms with Gasteiger partial charge < -0.3 is 19.5 Å². The topological polar surface area (TPSA) is 39.7 Å². The van der Waals surface area contributed by atoms with Crippen molar-refractivity contribution in [1.29, 1.82) is 0 Å². The molecule has 0 aliphatic rings. The molecule has 0 unspecified atom stereocenters. The van der Waals surface area contributed by atoms with Crippen LogP contribution in [0, 0.1) is 0 Å². The highest BCUT2D eigenvalue weighted by Gasteiger charge is 2.12. The summed E-state index contributed by atoms with van der Waals surface area (Å²) in [6.45, 7) is 8.24. The molecule has 0 aliphatic heterocycles. The Kier molecular flexibility index (Phi) is 7.07. The molecule has 0 heterocycles. The third kappa shape index (κ3) is 4.96. The predicted molar refractivity (Wildman–Crippen MR) is 98.7 cm³/mol. The predicted octanol–water partition coefficient (Wildman–Crippen LogP) is 5.15. The summed E-state index contributed by atoms with van der Waals surface area (Å²) in [5.41, 5.74) is 2.04. The molecule has 2 aromatic rings. The second-order valence-corrected chi connectivity index (χ2v) is 5.49. The van der Waals surface area contributed by atoms with Crippen LogP contribution in [0.25, 0.3) is 0 Å². The summed E-state index contributed by atoms with van der Waals surface area (Å²) in [7, 11) is 0. The number of nitrogens with one attached hydrogen (secondary N) is 1. The number of anilines is 1. The minimum absolute atomic E-state index is 0.545. The van der Waals surface area contributed by atoms with Gasteiger partial charge in [0.2, 0.25) is 0 Å². The van der Waals surface area contributed by atoms with E-state index >= 15 is 0 Å². The van der Waals surface area contributed by atoms with Gasteiger partial charge in [0.15, 0.2) is 11.5 Å². The van der Waals surface area contributed by atoms with Crippen molar-refractivity contribution in [3.63, 3.8) is 0 Å². The van der Waals surface area contributed by atoms with Crippen LogP contribution >= 0.6 is 11.6 Å². The molecule has 0 fully saturated rings. The molecule has 24 heavy (non-hydrogen) atoms. The Hall–Kier alpha value is -2.07. The third-order valence-corrected chi connectivity index (χ3v) is 3.60. The first kappa shape index (κ1) is 18.3. The van der Waals surface area contributed by atoms with Gasteiger partial charge in [-0.1, -0.05) is 11.6 Å². The van der Waals surface area contributed by atoms with Crippen LogP contribution in [0.1, 0.15) is 26.3 Å². The van der Waals surface area contributed by atoms with E-state index in [1.54, 1.807) is 0 Å². The van der Waals surface area contributed by atoms with Crippen LogP contribution in [0.2, 0.25) is 5.02 Å². The van der Waals surface area contributed by atoms with Gasteiger partial charge in [-0.3, -0.25) is 0 Å². The molecule has 0 bridgehead atoms. The second kappa shape index (κ2) is 9.28. The largest absolute Gasteiger partial charge is 0.494 e. The Morgan fingerprint density at radius 3 is 2.17 bits per heavy atom. The zero-order valence-corrected chi connectivity index (χ0v) is 15.2. The van der Waals surface area contributed by atoms with Gasteiger partial charge in [0.05, 0.1) is 24.8 Å². The van der Waals surface area contributed by atoms with Gasteiger partial charge in [-0.2, -0.15) is 0 Å². The Morgan fingerprint density at radius 1 is 0.875 bits per heavy atom. The number of benzene rings is 2. The number of hydrogen-bond donors (Lipinski definition) is 1. The summed E-state index contributed by atoms with van der Waals surface area (Å²) < 4.78 is 16.7. The number of rotatable bonds is 9. The first-order valence-corrected chi connectivity index (χ1v) is 8.60. The fourth-order valence-corrected chi connectivity index (χ4v) is 2.60. The van der Waals surface area contributed by atoms with Crippen LogP contribution in [-0.2, 0) is 6.54 Å². The first-order chi connectivity index (χ1) is 11.7. The van der Waals surface area contributed by atoms with Gasteiger partial charge in [0, 0.05) is 12.2 Å². The molecule has 0 spiro atoms. The molecule has 0 aromatic heterocycles. The third-order valence-electron chi connectivity index (χ3n) is 3.32. The standard InChI is InChI=1S/C19H24ClNO3/c1-4-22-16-9-7-15(8-10-16)21-13-14-11-17(20)19(24-6-3)18(12-14)23-5-2/h7-12,21H,4-6,13H2,1-3H3. The summed E-state index contributed by atoms with van der Waals surface area (Å²) in [6, 6.07) is 11.7. The molecule has 2 rings (SSSR count). The fraction of sp³-hybridized carbons (Fsp3) is 0.368. The maximum atomic E-state index is 6.34. The smallest absolute Gasteiger partial charge is 0.179 e. The molecule has 0 atom stereocenters. The fourth-order valence-electron chi connectivity index (χ4n) is 2.31. The molecule has 0 radical (unpaired) electrons. The minimum Gasteiger partial charge on any atom is -0.494 e. The summed E-state index contributed by atoms with van der Waals surface area (Å²) in [6.07, 6.45) is 0. The number of hydrogen-bond acceptors (Lipinski definition) is 4. The lowest BCUT2D eigenvalue weighted by atomic mass is 10.2. The van der Waals surface area contributed by atoms with E-state index in [1.165, 1.54) is 0 Å². The van der Waals surface area contributed by atoms with Crippen molar-refractivity contribution in [2.45, 2.75) is 27.3 Å². The zero-order chi connectivity index (χ0) is 17.4. The molecule has 0 saturated carbocycles. The van der Waals surface area contributed by atoms with E-state index in [0.717, 1.165) is 17.0 Å². The molecule has 2 aromatic carbocycles. The van der Waals surface area contributed by atoms with E-state index < -0.39 is 0 Å². The van der Waals surface area contributed by atoms with Crippen molar-refractivity contribution >= 4 is 17.3 Å². The summed E-state index contributed by atoms with van der Waals surface area (Å²) in [4.78, 5) is 0. The molecular weight excluding hydrogens is 326 g/mol. The van der Waals surface area contributed by atoms with Crippen LogP contribution in [0.5, 0.6) is 17.2 Å². The molecule has 0 saturated heterocycles. The quantitative estimate of drug-likeness (QED) is 0.679. The van der Waals surface area contributed by atoms with E-state index in [2.05, 4.69) is 5.32 Å². The Balaban J connectivity index is 2.08. The van der Waals surface area contributed by atoms with Crippen LogP contribution < -0.4 is 19.5 Å². The van der Waals surface area contributed by atoms with Crippen LogP contribution in [0.15, 0.2) is 36.4 Å². The lowest BCUT2D eigenvalue weighted by molar-refractivity contribution is 0.287. The molecule has 0 amide bonds. The summed E-state index contributed by atoms with van der Waals surface area (Å²) in [5.74, 6) is 2.15. The minimum atomic E-state index is 0.545. The Labute approximate surface area is 148 Å². The zero-order valence-electron chi connectivity index (χ0n) is 14.4. The molecule has 0 aliphatic carbocycles. The van der Waals surface area contributed by atoms with Gasteiger partial charge in [0.1, 0.15) is 5.75 Å². The van der Waals surface area contributed by atoms with Gasteiger partial charge in [-0.25, -0.2) is 0 Å². The van der Waals surface area contributed by atoms with Gasteiger partial charge in [-0.15, -0.1) is 0 Å². The van der Waals surface area contributed by atoms with Crippen molar-refractivity contribution in [1.82, 2.24) is 0 Å². The Morgan fingerprint density at radius 2 is 1.54 bits per heavy atom. The highest BCUT2D eigenvalue weighted by molar-refractivity contribution is 6.32. The Bertz CT molecular complexity index is 644. The van der Waals surface area contributed by atoms with Gasteiger partial charge >= 0.3 is 0 Å². The lowest BCUT2D eigenvalue weighted by Crippen LogP contribution is -2.03. The maximum Gasteiger partial charge on any atom is 0.179 e. The van der Waals surface area contributed by atoms with Crippen molar-refractivity contribution in [3.05, 3.63) is 47.0 Å². The molecular formula is C19H24ClNO3. The first-order valence-electron chi connectivity index (χ1n) is 8.22. The van der Waals surface area contributed by atoms with Gasteiger partial charge in [0.25, 0.3) is 0 Å². The van der Waals surface area contributed by atoms with Crippen molar-refractivity contribution in [2.24, 2.45) is 0 Å². The van der Waals surface area contributed by atoms with Crippen molar-refractivity contribution in [3.8, 4) is 17.2 Å². The van der Waals surface area contributed by atoms with E-state index in [0.29, 0.717) is 42.9 Å². The highest BCUT2D eigenvalue weighted by Crippen LogP contribution is 2.36. The monoisotopic (exact) mass is 349 g/mol. The van der Waals surface area contributed by atoms with E-state index in [4.69, 9.17) is 25.8 Å². The lowest BCUT2D eigenvalue weighted by Gasteiger charge is -2.15. The van der Waals surface area contributed by atoms with E-state index in [9.17, 15) is 0 Å².